The molecule has 1 aromatic heterocycles. The molecular weight excluding hydrogens is 232 g/mol. The standard InChI is InChI=1S/C8H6ClF2NO3/c1-15-6-4(8(10)11)12-2-3(5(6)13)7(9)14/h2,8H,1H3,(H,12,13). The fraction of sp³-hybridized carbons (Fsp3) is 0.250. The number of alkyl halides is 2. The number of carbonyl (C=O) groups excluding carboxylic acids is 1. The minimum absolute atomic E-state index is 0.432. The maximum absolute atomic E-state index is 12.4. The van der Waals surface area contributed by atoms with Gasteiger partial charge < -0.3 is 9.72 Å². The van der Waals surface area contributed by atoms with E-state index in [2.05, 4.69) is 9.72 Å². The van der Waals surface area contributed by atoms with Gasteiger partial charge in [0, 0.05) is 6.20 Å². The number of aromatic nitrogens is 1. The topological polar surface area (TPSA) is 59.2 Å². The zero-order chi connectivity index (χ0) is 11.6. The largest absolute Gasteiger partial charge is 0.491 e. The molecule has 1 N–H and O–H groups in total. The van der Waals surface area contributed by atoms with Gasteiger partial charge in [0.25, 0.3) is 11.7 Å². The number of methoxy groups -OCH3 is 1. The first kappa shape index (κ1) is 11.6. The lowest BCUT2D eigenvalue weighted by atomic mass is 10.2. The Hall–Kier alpha value is -1.43. The van der Waals surface area contributed by atoms with Crippen LogP contribution in [-0.2, 0) is 0 Å². The lowest BCUT2D eigenvalue weighted by Crippen LogP contribution is -2.17. The monoisotopic (exact) mass is 237 g/mol. The van der Waals surface area contributed by atoms with Gasteiger partial charge in [0.05, 0.1) is 7.11 Å². The second-order valence-electron chi connectivity index (χ2n) is 2.55. The molecule has 7 heteroatoms. The van der Waals surface area contributed by atoms with Crippen molar-refractivity contribution in [2.24, 2.45) is 0 Å². The molecule has 4 nitrogen and oxygen atoms in total. The second kappa shape index (κ2) is 4.39. The molecule has 0 aliphatic rings. The molecule has 0 saturated carbocycles. The van der Waals surface area contributed by atoms with Gasteiger partial charge in [-0.05, 0) is 11.6 Å². The number of hydrogen-bond acceptors (Lipinski definition) is 3. The minimum Gasteiger partial charge on any atom is -0.491 e. The predicted molar refractivity (Wildman–Crippen MR) is 48.8 cm³/mol. The summed E-state index contributed by atoms with van der Waals surface area (Å²) in [5.74, 6) is -0.600. The highest BCUT2D eigenvalue weighted by Crippen LogP contribution is 2.23. The van der Waals surface area contributed by atoms with Gasteiger partial charge in [0.2, 0.25) is 5.43 Å². The zero-order valence-corrected chi connectivity index (χ0v) is 8.27. The van der Waals surface area contributed by atoms with E-state index < -0.39 is 34.1 Å². The lowest BCUT2D eigenvalue weighted by molar-refractivity contribution is 0.107. The predicted octanol–water partition coefficient (Wildman–Crippen LogP) is 1.70. The van der Waals surface area contributed by atoms with Crippen LogP contribution in [0.25, 0.3) is 0 Å². The number of rotatable bonds is 3. The SMILES string of the molecule is COc1c(C(F)F)[nH]cc(C(=O)Cl)c1=O. The zero-order valence-electron chi connectivity index (χ0n) is 7.51. The smallest absolute Gasteiger partial charge is 0.282 e. The molecule has 0 unspecified atom stereocenters. The Balaban J connectivity index is 3.46. The number of aromatic amines is 1. The van der Waals surface area contributed by atoms with Gasteiger partial charge in [-0.1, -0.05) is 0 Å². The third-order valence-electron chi connectivity index (χ3n) is 1.70. The molecule has 0 aliphatic carbocycles. The molecule has 1 rings (SSSR count). The highest BCUT2D eigenvalue weighted by molar-refractivity contribution is 6.67. The first-order valence-electron chi connectivity index (χ1n) is 3.76. The van der Waals surface area contributed by atoms with Crippen LogP contribution in [0.4, 0.5) is 8.78 Å². The van der Waals surface area contributed by atoms with Crippen LogP contribution in [0.15, 0.2) is 11.0 Å². The Morgan fingerprint density at radius 1 is 1.60 bits per heavy atom. The second-order valence-corrected chi connectivity index (χ2v) is 2.90. The molecule has 0 aromatic carbocycles. The van der Waals surface area contributed by atoms with Crippen molar-refractivity contribution in [3.8, 4) is 5.75 Å². The van der Waals surface area contributed by atoms with Gasteiger partial charge in [-0.2, -0.15) is 0 Å². The fourth-order valence-electron chi connectivity index (χ4n) is 1.04. The molecular formula is C8H6ClF2NO3. The number of H-pyrrole nitrogens is 1. The Labute approximate surface area is 87.8 Å². The van der Waals surface area contributed by atoms with Gasteiger partial charge in [-0.15, -0.1) is 0 Å². The first-order valence-corrected chi connectivity index (χ1v) is 4.14. The van der Waals surface area contributed by atoms with Crippen molar-refractivity contribution in [1.29, 1.82) is 0 Å². The van der Waals surface area contributed by atoms with Crippen molar-refractivity contribution in [2.75, 3.05) is 7.11 Å². The van der Waals surface area contributed by atoms with Crippen molar-refractivity contribution in [1.82, 2.24) is 4.98 Å². The molecule has 0 aliphatic heterocycles. The normalized spacial score (nSPS) is 10.5. The van der Waals surface area contributed by atoms with Crippen LogP contribution in [0.1, 0.15) is 22.5 Å². The molecule has 0 spiro atoms. The van der Waals surface area contributed by atoms with Crippen LogP contribution in [0.2, 0.25) is 0 Å². The Bertz CT molecular complexity index is 444. The van der Waals surface area contributed by atoms with E-state index in [0.29, 0.717) is 0 Å². The number of ether oxygens (including phenoxy) is 1. The quantitative estimate of drug-likeness (QED) is 0.814. The Morgan fingerprint density at radius 2 is 2.20 bits per heavy atom. The van der Waals surface area contributed by atoms with Crippen molar-refractivity contribution < 1.29 is 18.3 Å². The maximum Gasteiger partial charge on any atom is 0.282 e. The minimum atomic E-state index is -2.90. The van der Waals surface area contributed by atoms with E-state index in [0.717, 1.165) is 13.3 Å². The van der Waals surface area contributed by atoms with Crippen LogP contribution in [0.5, 0.6) is 5.75 Å². The van der Waals surface area contributed by atoms with E-state index in [9.17, 15) is 18.4 Å². The van der Waals surface area contributed by atoms with Gasteiger partial charge in [-0.25, -0.2) is 8.78 Å². The van der Waals surface area contributed by atoms with Gasteiger partial charge in [-0.3, -0.25) is 9.59 Å². The molecule has 0 fully saturated rings. The highest BCUT2D eigenvalue weighted by Gasteiger charge is 2.21. The molecule has 15 heavy (non-hydrogen) atoms. The van der Waals surface area contributed by atoms with E-state index in [1.165, 1.54) is 0 Å². The third-order valence-corrected chi connectivity index (χ3v) is 1.91. The summed E-state index contributed by atoms with van der Waals surface area (Å²) >= 11 is 5.07. The summed E-state index contributed by atoms with van der Waals surface area (Å²) in [7, 11) is 1.05. The summed E-state index contributed by atoms with van der Waals surface area (Å²) in [6.07, 6.45) is -2.06. The van der Waals surface area contributed by atoms with E-state index in [1.807, 2.05) is 0 Å². The van der Waals surface area contributed by atoms with Crippen molar-refractivity contribution in [3.63, 3.8) is 0 Å². The van der Waals surface area contributed by atoms with Gasteiger partial charge in [0.15, 0.2) is 5.75 Å². The number of hydrogen-bond donors (Lipinski definition) is 1. The Kier molecular flexibility index (Phi) is 3.41. The molecule has 0 radical (unpaired) electrons. The summed E-state index contributed by atoms with van der Waals surface area (Å²) in [5.41, 5.74) is -2.06. The lowest BCUT2D eigenvalue weighted by Gasteiger charge is -2.07. The van der Waals surface area contributed by atoms with Gasteiger partial charge in [0.1, 0.15) is 11.3 Å². The van der Waals surface area contributed by atoms with Crippen LogP contribution in [0.3, 0.4) is 0 Å². The van der Waals surface area contributed by atoms with Gasteiger partial charge >= 0.3 is 0 Å². The van der Waals surface area contributed by atoms with E-state index in [-0.39, 0.29) is 0 Å². The molecule has 0 atom stereocenters. The van der Waals surface area contributed by atoms with Crippen molar-refractivity contribution >= 4 is 16.8 Å². The average molecular weight is 238 g/mol. The van der Waals surface area contributed by atoms with E-state index >= 15 is 0 Å². The van der Waals surface area contributed by atoms with E-state index in [1.54, 1.807) is 0 Å². The molecule has 0 saturated heterocycles. The van der Waals surface area contributed by atoms with Crippen molar-refractivity contribution in [2.45, 2.75) is 6.43 Å². The fourth-order valence-corrected chi connectivity index (χ4v) is 1.18. The molecule has 0 amide bonds. The summed E-state index contributed by atoms with van der Waals surface area (Å²) in [6, 6.07) is 0. The van der Waals surface area contributed by atoms with Crippen LogP contribution in [-0.4, -0.2) is 17.3 Å². The number of nitrogens with one attached hydrogen (secondary N) is 1. The van der Waals surface area contributed by atoms with Crippen molar-refractivity contribution in [3.05, 3.63) is 27.7 Å². The van der Waals surface area contributed by atoms with Crippen LogP contribution < -0.4 is 10.2 Å². The van der Waals surface area contributed by atoms with E-state index in [4.69, 9.17) is 11.6 Å². The highest BCUT2D eigenvalue weighted by atomic mass is 35.5. The summed E-state index contributed by atoms with van der Waals surface area (Å²) in [4.78, 5) is 24.2. The summed E-state index contributed by atoms with van der Waals surface area (Å²) in [6.45, 7) is 0. The Morgan fingerprint density at radius 3 is 2.60 bits per heavy atom. The van der Waals surface area contributed by atoms with Crippen LogP contribution in [0, 0.1) is 0 Å². The molecule has 1 aromatic rings. The van der Waals surface area contributed by atoms with Crippen LogP contribution >= 0.6 is 11.6 Å². The maximum atomic E-state index is 12.4. The summed E-state index contributed by atoms with van der Waals surface area (Å²) in [5, 5.41) is -1.03. The molecule has 0 bridgehead atoms. The third kappa shape index (κ3) is 2.15. The number of carbonyl (C=O) groups is 1. The summed E-state index contributed by atoms with van der Waals surface area (Å²) < 4.78 is 29.2. The first-order chi connectivity index (χ1) is 6.99. The average Bonchev–Trinajstić information content (AvgIpc) is 2.16. The molecule has 82 valence electrons. The number of halogens is 3. The number of pyridine rings is 1. The molecule has 1 heterocycles.